The van der Waals surface area contributed by atoms with Gasteiger partial charge in [0.05, 0.1) is 5.02 Å². The zero-order valence-corrected chi connectivity index (χ0v) is 17.5. The molecule has 1 saturated heterocycles. The van der Waals surface area contributed by atoms with Gasteiger partial charge in [-0.15, -0.1) is 11.3 Å². The number of piperazine rings is 1. The number of nitrogens with zero attached hydrogens (tertiary/aromatic N) is 2. The largest absolute Gasteiger partial charge is 0.335 e. The highest BCUT2D eigenvalue weighted by Crippen LogP contribution is 2.36. The van der Waals surface area contributed by atoms with Crippen LogP contribution in [0.25, 0.3) is 10.1 Å². The molecule has 2 heterocycles. The third kappa shape index (κ3) is 3.96. The van der Waals surface area contributed by atoms with E-state index in [-0.39, 0.29) is 5.91 Å². The average molecular weight is 440 g/mol. The molecule has 0 aliphatic carbocycles. The maximum Gasteiger partial charge on any atom is 0.265 e. The topological polar surface area (TPSA) is 23.6 Å². The van der Waals surface area contributed by atoms with Gasteiger partial charge in [0.1, 0.15) is 4.88 Å². The summed E-state index contributed by atoms with van der Waals surface area (Å²) in [5.74, 6) is 0.0189. The van der Waals surface area contributed by atoms with Crippen LogP contribution in [0.15, 0.2) is 42.5 Å². The van der Waals surface area contributed by atoms with Crippen molar-refractivity contribution >= 4 is 62.1 Å². The number of amides is 1. The van der Waals surface area contributed by atoms with Crippen molar-refractivity contribution in [2.45, 2.75) is 6.54 Å². The zero-order chi connectivity index (χ0) is 19.0. The summed E-state index contributed by atoms with van der Waals surface area (Å²) >= 11 is 20.2. The molecule has 140 valence electrons. The fourth-order valence-electron chi connectivity index (χ4n) is 3.30. The summed E-state index contributed by atoms with van der Waals surface area (Å²) in [6, 6.07) is 13.4. The molecule has 7 heteroatoms. The van der Waals surface area contributed by atoms with Gasteiger partial charge in [-0.05, 0) is 23.8 Å². The van der Waals surface area contributed by atoms with Crippen molar-refractivity contribution in [1.82, 2.24) is 9.80 Å². The Morgan fingerprint density at radius 3 is 2.44 bits per heavy atom. The highest BCUT2D eigenvalue weighted by Gasteiger charge is 2.26. The fourth-order valence-corrected chi connectivity index (χ4v) is 5.24. The van der Waals surface area contributed by atoms with Crippen LogP contribution in [0.3, 0.4) is 0 Å². The van der Waals surface area contributed by atoms with Crippen LogP contribution in [0.2, 0.25) is 15.1 Å². The van der Waals surface area contributed by atoms with E-state index >= 15 is 0 Å². The summed E-state index contributed by atoms with van der Waals surface area (Å²) in [6.07, 6.45) is 0. The van der Waals surface area contributed by atoms with Crippen molar-refractivity contribution in [3.8, 4) is 0 Å². The molecule has 3 aromatic rings. The minimum atomic E-state index is 0.0189. The number of carbonyl (C=O) groups excluding carboxylic acids is 1. The van der Waals surface area contributed by atoms with Crippen LogP contribution in [-0.4, -0.2) is 41.9 Å². The molecule has 0 N–H and O–H groups in total. The van der Waals surface area contributed by atoms with E-state index in [1.807, 2.05) is 41.3 Å². The molecule has 1 aliphatic rings. The van der Waals surface area contributed by atoms with Gasteiger partial charge in [-0.3, -0.25) is 9.69 Å². The second-order valence-corrected chi connectivity index (χ2v) is 8.82. The molecule has 1 aliphatic heterocycles. The molecule has 0 radical (unpaired) electrons. The van der Waals surface area contributed by atoms with Crippen molar-refractivity contribution in [2.75, 3.05) is 26.2 Å². The maximum absolute atomic E-state index is 12.9. The van der Waals surface area contributed by atoms with E-state index < -0.39 is 0 Å². The van der Waals surface area contributed by atoms with Gasteiger partial charge in [-0.1, -0.05) is 59.1 Å². The molecular weight excluding hydrogens is 423 g/mol. The van der Waals surface area contributed by atoms with Crippen molar-refractivity contribution in [3.05, 3.63) is 68.0 Å². The Labute approximate surface area is 177 Å². The van der Waals surface area contributed by atoms with Gasteiger partial charge in [-0.25, -0.2) is 0 Å². The second kappa shape index (κ2) is 7.98. The lowest BCUT2D eigenvalue weighted by atomic mass is 10.2. The Morgan fingerprint density at radius 1 is 1.00 bits per heavy atom. The van der Waals surface area contributed by atoms with Crippen LogP contribution in [0.5, 0.6) is 0 Å². The van der Waals surface area contributed by atoms with Gasteiger partial charge in [0.25, 0.3) is 5.91 Å². The van der Waals surface area contributed by atoms with Crippen LogP contribution < -0.4 is 0 Å². The number of hydrogen-bond acceptors (Lipinski definition) is 3. The summed E-state index contributed by atoms with van der Waals surface area (Å²) in [4.78, 5) is 17.8. The fraction of sp³-hybridized carbons (Fsp3) is 0.250. The Kier molecular flexibility index (Phi) is 5.62. The lowest BCUT2D eigenvalue weighted by Crippen LogP contribution is -2.48. The third-order valence-corrected chi connectivity index (χ3v) is 7.05. The normalized spacial score (nSPS) is 15.4. The smallest absolute Gasteiger partial charge is 0.265 e. The molecule has 0 spiro atoms. The molecule has 3 nitrogen and oxygen atoms in total. The van der Waals surface area contributed by atoms with Crippen LogP contribution in [0.4, 0.5) is 0 Å². The zero-order valence-electron chi connectivity index (χ0n) is 14.4. The first-order valence-corrected chi connectivity index (χ1v) is 10.6. The first-order chi connectivity index (χ1) is 13.0. The third-order valence-electron chi connectivity index (χ3n) is 4.80. The van der Waals surface area contributed by atoms with Gasteiger partial charge in [0, 0.05) is 52.9 Å². The molecule has 0 bridgehead atoms. The molecule has 2 aromatic carbocycles. The lowest BCUT2D eigenvalue weighted by Gasteiger charge is -2.34. The number of thiophene rings is 1. The highest BCUT2D eigenvalue weighted by atomic mass is 35.5. The van der Waals surface area contributed by atoms with Gasteiger partial charge in [-0.2, -0.15) is 0 Å². The molecule has 1 fully saturated rings. The highest BCUT2D eigenvalue weighted by molar-refractivity contribution is 7.21. The van der Waals surface area contributed by atoms with E-state index in [1.165, 1.54) is 11.3 Å². The summed E-state index contributed by atoms with van der Waals surface area (Å²) < 4.78 is 1.04. The Hall–Kier alpha value is -1.30. The number of benzene rings is 2. The van der Waals surface area contributed by atoms with Crippen LogP contribution in [0.1, 0.15) is 15.2 Å². The predicted octanol–water partition coefficient (Wildman–Crippen LogP) is 5.82. The first kappa shape index (κ1) is 19.0. The van der Waals surface area contributed by atoms with Crippen molar-refractivity contribution in [3.63, 3.8) is 0 Å². The molecule has 27 heavy (non-hydrogen) atoms. The molecule has 1 aromatic heterocycles. The number of rotatable bonds is 3. The minimum absolute atomic E-state index is 0.0189. The second-order valence-electron chi connectivity index (χ2n) is 6.55. The summed E-state index contributed by atoms with van der Waals surface area (Å²) in [7, 11) is 0. The minimum Gasteiger partial charge on any atom is -0.335 e. The number of hydrogen-bond donors (Lipinski definition) is 0. The first-order valence-electron chi connectivity index (χ1n) is 8.65. The van der Waals surface area contributed by atoms with Crippen LogP contribution >= 0.6 is 46.1 Å². The average Bonchev–Trinajstić information content (AvgIpc) is 3.01. The van der Waals surface area contributed by atoms with E-state index in [2.05, 4.69) is 4.90 Å². The molecule has 4 rings (SSSR count). The number of halogens is 3. The molecule has 1 amide bonds. The summed E-state index contributed by atoms with van der Waals surface area (Å²) in [5, 5.41) is 2.83. The van der Waals surface area contributed by atoms with Gasteiger partial charge in [0.2, 0.25) is 0 Å². The molecule has 0 unspecified atom stereocenters. The van der Waals surface area contributed by atoms with E-state index in [1.54, 1.807) is 6.07 Å². The molecular formula is C20H17Cl3N2OS. The Morgan fingerprint density at radius 2 is 1.74 bits per heavy atom. The Bertz CT molecular complexity index is 996. The monoisotopic (exact) mass is 438 g/mol. The Balaban J connectivity index is 1.42. The lowest BCUT2D eigenvalue weighted by molar-refractivity contribution is 0.0633. The summed E-state index contributed by atoms with van der Waals surface area (Å²) in [5.41, 5.74) is 1.05. The van der Waals surface area contributed by atoms with Crippen LogP contribution in [-0.2, 0) is 6.54 Å². The number of carbonyl (C=O) groups is 1. The van der Waals surface area contributed by atoms with Crippen molar-refractivity contribution in [1.29, 1.82) is 0 Å². The van der Waals surface area contributed by atoms with E-state index in [4.69, 9.17) is 34.8 Å². The van der Waals surface area contributed by atoms with Gasteiger partial charge in [0.15, 0.2) is 0 Å². The van der Waals surface area contributed by atoms with Gasteiger partial charge < -0.3 is 4.90 Å². The van der Waals surface area contributed by atoms with Gasteiger partial charge >= 0.3 is 0 Å². The molecule has 0 atom stereocenters. The van der Waals surface area contributed by atoms with Crippen molar-refractivity contribution < 1.29 is 4.79 Å². The summed E-state index contributed by atoms with van der Waals surface area (Å²) in [6.45, 7) is 3.70. The SMILES string of the molecule is O=C(c1sc2ccccc2c1Cl)N1CCN(Cc2ccc(Cl)cc2Cl)CC1. The predicted molar refractivity (Wildman–Crippen MR) is 114 cm³/mol. The van der Waals surface area contributed by atoms with E-state index in [0.717, 1.165) is 35.3 Å². The van der Waals surface area contributed by atoms with E-state index in [0.29, 0.717) is 33.0 Å². The van der Waals surface area contributed by atoms with Crippen LogP contribution in [0, 0.1) is 0 Å². The number of fused-ring (bicyclic) bond motifs is 1. The maximum atomic E-state index is 12.9. The molecule has 0 saturated carbocycles. The quantitative estimate of drug-likeness (QED) is 0.513. The van der Waals surface area contributed by atoms with Crippen molar-refractivity contribution in [2.24, 2.45) is 0 Å². The standard InChI is InChI=1S/C20H17Cl3N2OS/c21-14-6-5-13(16(22)11-14)12-24-7-9-25(10-8-24)20(26)19-18(23)15-3-1-2-4-17(15)27-19/h1-6,11H,7-10,12H2. The van der Waals surface area contributed by atoms with E-state index in [9.17, 15) is 4.79 Å².